The number of aryl methyl sites for hydroxylation is 2. The monoisotopic (exact) mass is 270 g/mol. The van der Waals surface area contributed by atoms with Crippen LogP contribution in [0.2, 0.25) is 0 Å². The van der Waals surface area contributed by atoms with Crippen molar-refractivity contribution in [2.45, 2.75) is 46.5 Å². The maximum atomic E-state index is 8.77. The van der Waals surface area contributed by atoms with Gasteiger partial charge >= 0.3 is 8.60 Å². The predicted octanol–water partition coefficient (Wildman–Crippen LogP) is 3.37. The molecule has 0 aromatic heterocycles. The summed E-state index contributed by atoms with van der Waals surface area (Å²) in [6.07, 6.45) is 0.707. The van der Waals surface area contributed by atoms with Gasteiger partial charge in [0.15, 0.2) is 0 Å². The van der Waals surface area contributed by atoms with Gasteiger partial charge in [0.2, 0.25) is 0 Å². The van der Waals surface area contributed by atoms with E-state index in [1.807, 2.05) is 0 Å². The molecule has 1 aromatic rings. The highest BCUT2D eigenvalue weighted by atomic mass is 31.2. The van der Waals surface area contributed by atoms with Crippen molar-refractivity contribution in [2.24, 2.45) is 0 Å². The molecule has 0 fully saturated rings. The van der Waals surface area contributed by atoms with Gasteiger partial charge in [0.05, 0.1) is 6.61 Å². The second-order valence-corrected chi connectivity index (χ2v) is 6.46. The standard InChI is InChI=1S/C14H23O3P/c1-10-8-11(2)12(6-7-17-18(15)16)13(9-10)14(3,4)5/h8-9,15-16H,6-7H2,1-5H3. The van der Waals surface area contributed by atoms with Crippen LogP contribution in [0.3, 0.4) is 0 Å². The number of rotatable bonds is 4. The summed E-state index contributed by atoms with van der Waals surface area (Å²) in [5.41, 5.74) is 5.14. The van der Waals surface area contributed by atoms with Crippen LogP contribution >= 0.6 is 8.60 Å². The normalized spacial score (nSPS) is 12.2. The van der Waals surface area contributed by atoms with E-state index in [9.17, 15) is 0 Å². The SMILES string of the molecule is Cc1cc(C)c(CCOP(O)O)c(C(C)(C)C)c1. The van der Waals surface area contributed by atoms with Crippen LogP contribution in [0.4, 0.5) is 0 Å². The molecule has 0 saturated carbocycles. The summed E-state index contributed by atoms with van der Waals surface area (Å²) >= 11 is 0. The fourth-order valence-corrected chi connectivity index (χ4v) is 2.48. The highest BCUT2D eigenvalue weighted by Gasteiger charge is 2.19. The van der Waals surface area contributed by atoms with E-state index in [1.54, 1.807) is 0 Å². The minimum atomic E-state index is -2.25. The zero-order chi connectivity index (χ0) is 13.9. The molecule has 0 saturated heterocycles. The number of hydrogen-bond acceptors (Lipinski definition) is 3. The molecule has 0 spiro atoms. The van der Waals surface area contributed by atoms with Crippen LogP contribution < -0.4 is 0 Å². The van der Waals surface area contributed by atoms with Gasteiger partial charge in [-0.15, -0.1) is 0 Å². The molecule has 0 atom stereocenters. The largest absolute Gasteiger partial charge is 0.328 e. The third-order valence-electron chi connectivity index (χ3n) is 2.98. The molecule has 0 amide bonds. The first-order valence-corrected chi connectivity index (χ1v) is 7.29. The van der Waals surface area contributed by atoms with Gasteiger partial charge in [-0.2, -0.15) is 0 Å². The molecule has 4 heteroatoms. The average molecular weight is 270 g/mol. The summed E-state index contributed by atoms with van der Waals surface area (Å²) < 4.78 is 4.87. The van der Waals surface area contributed by atoms with Crippen LogP contribution in [-0.4, -0.2) is 16.4 Å². The Balaban J connectivity index is 3.01. The molecule has 18 heavy (non-hydrogen) atoms. The third-order valence-corrected chi connectivity index (χ3v) is 3.40. The molecule has 3 nitrogen and oxygen atoms in total. The minimum absolute atomic E-state index is 0.0786. The Morgan fingerprint density at radius 3 is 2.28 bits per heavy atom. The van der Waals surface area contributed by atoms with Gasteiger partial charge < -0.3 is 14.3 Å². The van der Waals surface area contributed by atoms with E-state index in [-0.39, 0.29) is 5.41 Å². The lowest BCUT2D eigenvalue weighted by Crippen LogP contribution is -2.16. The zero-order valence-electron chi connectivity index (χ0n) is 11.8. The van der Waals surface area contributed by atoms with Crippen molar-refractivity contribution < 1.29 is 14.3 Å². The molecule has 0 aliphatic carbocycles. The molecular formula is C14H23O3P. The van der Waals surface area contributed by atoms with Gasteiger partial charge in [0.25, 0.3) is 0 Å². The van der Waals surface area contributed by atoms with Crippen molar-refractivity contribution in [1.82, 2.24) is 0 Å². The van der Waals surface area contributed by atoms with Crippen molar-refractivity contribution in [3.8, 4) is 0 Å². The lowest BCUT2D eigenvalue weighted by molar-refractivity contribution is 0.257. The van der Waals surface area contributed by atoms with Crippen LogP contribution in [0.5, 0.6) is 0 Å². The molecule has 1 aromatic carbocycles. The highest BCUT2D eigenvalue weighted by Crippen LogP contribution is 2.31. The van der Waals surface area contributed by atoms with E-state index in [1.165, 1.54) is 22.3 Å². The van der Waals surface area contributed by atoms with Gasteiger partial charge in [-0.05, 0) is 42.4 Å². The van der Waals surface area contributed by atoms with Crippen LogP contribution in [-0.2, 0) is 16.4 Å². The summed E-state index contributed by atoms with van der Waals surface area (Å²) in [7, 11) is -2.25. The summed E-state index contributed by atoms with van der Waals surface area (Å²) in [6.45, 7) is 11.1. The van der Waals surface area contributed by atoms with E-state index >= 15 is 0 Å². The molecule has 0 aliphatic heterocycles. The summed E-state index contributed by atoms with van der Waals surface area (Å²) in [6, 6.07) is 4.37. The highest BCUT2D eigenvalue weighted by molar-refractivity contribution is 7.39. The van der Waals surface area contributed by atoms with Crippen LogP contribution in [0.25, 0.3) is 0 Å². The maximum absolute atomic E-state index is 8.77. The smallest absolute Gasteiger partial charge is 0.327 e. The van der Waals surface area contributed by atoms with Crippen molar-refractivity contribution in [2.75, 3.05) is 6.61 Å². The number of benzene rings is 1. The van der Waals surface area contributed by atoms with Gasteiger partial charge in [0, 0.05) is 0 Å². The Morgan fingerprint density at radius 1 is 1.17 bits per heavy atom. The molecule has 0 unspecified atom stereocenters. The molecule has 0 bridgehead atoms. The van der Waals surface area contributed by atoms with Crippen LogP contribution in [0.15, 0.2) is 12.1 Å². The van der Waals surface area contributed by atoms with E-state index in [0.717, 1.165) is 0 Å². The Bertz CT molecular complexity index is 408. The summed E-state index contributed by atoms with van der Waals surface area (Å²) in [5.74, 6) is 0. The first-order chi connectivity index (χ1) is 8.21. The van der Waals surface area contributed by atoms with E-state index < -0.39 is 8.60 Å². The van der Waals surface area contributed by atoms with Crippen LogP contribution in [0.1, 0.15) is 43.0 Å². The molecular weight excluding hydrogens is 247 g/mol. The van der Waals surface area contributed by atoms with Gasteiger partial charge in [-0.25, -0.2) is 0 Å². The zero-order valence-corrected chi connectivity index (χ0v) is 12.7. The molecule has 102 valence electrons. The lowest BCUT2D eigenvalue weighted by Gasteiger charge is -2.25. The first kappa shape index (κ1) is 15.6. The minimum Gasteiger partial charge on any atom is -0.328 e. The third kappa shape index (κ3) is 4.33. The maximum Gasteiger partial charge on any atom is 0.327 e. The quantitative estimate of drug-likeness (QED) is 0.825. The van der Waals surface area contributed by atoms with Crippen molar-refractivity contribution in [3.63, 3.8) is 0 Å². The second kappa shape index (κ2) is 6.12. The van der Waals surface area contributed by atoms with E-state index in [4.69, 9.17) is 14.3 Å². The summed E-state index contributed by atoms with van der Waals surface area (Å²) in [4.78, 5) is 17.5. The summed E-state index contributed by atoms with van der Waals surface area (Å²) in [5, 5.41) is 0. The lowest BCUT2D eigenvalue weighted by atomic mass is 9.80. The van der Waals surface area contributed by atoms with E-state index in [2.05, 4.69) is 46.8 Å². The van der Waals surface area contributed by atoms with Crippen LogP contribution in [0, 0.1) is 13.8 Å². The molecule has 0 aliphatic rings. The fraction of sp³-hybridized carbons (Fsp3) is 0.571. The first-order valence-electron chi connectivity index (χ1n) is 6.13. The van der Waals surface area contributed by atoms with Gasteiger partial charge in [-0.3, -0.25) is 0 Å². The Kier molecular flexibility index (Phi) is 5.30. The fourth-order valence-electron chi connectivity index (χ4n) is 2.23. The van der Waals surface area contributed by atoms with Crippen molar-refractivity contribution in [1.29, 1.82) is 0 Å². The van der Waals surface area contributed by atoms with Gasteiger partial charge in [0.1, 0.15) is 0 Å². The predicted molar refractivity (Wildman–Crippen MR) is 75.6 cm³/mol. The second-order valence-electron chi connectivity index (χ2n) is 5.69. The molecule has 1 rings (SSSR count). The van der Waals surface area contributed by atoms with E-state index in [0.29, 0.717) is 13.0 Å². The topological polar surface area (TPSA) is 49.7 Å². The average Bonchev–Trinajstić information content (AvgIpc) is 2.18. The van der Waals surface area contributed by atoms with Crippen molar-refractivity contribution in [3.05, 3.63) is 34.4 Å². The molecule has 0 heterocycles. The Labute approximate surface area is 111 Å². The molecule has 2 N–H and O–H groups in total. The van der Waals surface area contributed by atoms with Crippen molar-refractivity contribution >= 4 is 8.60 Å². The Hall–Kier alpha value is -0.470. The Morgan fingerprint density at radius 2 is 1.78 bits per heavy atom. The molecule has 0 radical (unpaired) electrons. The number of hydrogen-bond donors (Lipinski definition) is 2. The van der Waals surface area contributed by atoms with Gasteiger partial charge in [-0.1, -0.05) is 38.5 Å².